The number of aryl methyl sites for hydroxylation is 1. The molecule has 1 aliphatic rings. The summed E-state index contributed by atoms with van der Waals surface area (Å²) in [4.78, 5) is 24.8. The zero-order valence-corrected chi connectivity index (χ0v) is 11.2. The highest BCUT2D eigenvalue weighted by molar-refractivity contribution is 6.04. The second kappa shape index (κ2) is 4.93. The third kappa shape index (κ3) is 2.28. The molecule has 1 saturated heterocycles. The van der Waals surface area contributed by atoms with E-state index in [0.717, 1.165) is 16.8 Å². The number of nitrogens with two attached hydrogens (primary N) is 1. The third-order valence-corrected chi connectivity index (χ3v) is 3.46. The lowest BCUT2D eigenvalue weighted by molar-refractivity contribution is -0.132. The van der Waals surface area contributed by atoms with Crippen LogP contribution >= 0.6 is 0 Å². The first-order valence-electron chi connectivity index (χ1n) is 6.08. The normalized spacial score (nSPS) is 19.6. The fraction of sp³-hybridized carbons (Fsp3) is 0.500. The van der Waals surface area contributed by atoms with E-state index in [9.17, 15) is 9.59 Å². The van der Waals surface area contributed by atoms with Crippen LogP contribution in [0.15, 0.2) is 0 Å². The van der Waals surface area contributed by atoms with Crippen molar-refractivity contribution in [3.05, 3.63) is 16.8 Å². The predicted molar refractivity (Wildman–Crippen MR) is 69.4 cm³/mol. The fourth-order valence-electron chi connectivity index (χ4n) is 2.09. The van der Waals surface area contributed by atoms with Gasteiger partial charge in [0.25, 0.3) is 0 Å². The molecule has 2 amide bonds. The molecule has 1 atom stereocenters. The summed E-state index contributed by atoms with van der Waals surface area (Å²) in [7, 11) is 0. The number of piperazine rings is 1. The molecule has 0 saturated carbocycles. The molecule has 2 heterocycles. The highest BCUT2D eigenvalue weighted by atomic mass is 16.2. The van der Waals surface area contributed by atoms with Crippen molar-refractivity contribution < 1.29 is 9.59 Å². The van der Waals surface area contributed by atoms with Gasteiger partial charge in [-0.1, -0.05) is 0 Å². The van der Waals surface area contributed by atoms with E-state index in [2.05, 4.69) is 15.5 Å². The number of rotatable bonds is 2. The molecule has 0 bridgehead atoms. The number of hydrogen-bond acceptors (Lipinski definition) is 6. The van der Waals surface area contributed by atoms with E-state index in [-0.39, 0.29) is 24.9 Å². The molecular weight excluding hydrogens is 246 g/mol. The van der Waals surface area contributed by atoms with Crippen LogP contribution < -0.4 is 16.0 Å². The minimum atomic E-state index is -0.473. The Balaban J connectivity index is 2.48. The maximum Gasteiger partial charge on any atom is 0.249 e. The van der Waals surface area contributed by atoms with E-state index >= 15 is 0 Å². The number of hydrogen-bond donors (Lipinski definition) is 2. The number of aromatic nitrogens is 2. The lowest BCUT2D eigenvalue weighted by Gasteiger charge is -2.33. The zero-order chi connectivity index (χ0) is 14.2. The molecule has 1 unspecified atom stereocenters. The first-order valence-corrected chi connectivity index (χ1v) is 6.08. The van der Waals surface area contributed by atoms with E-state index in [1.165, 1.54) is 0 Å². The van der Waals surface area contributed by atoms with Crippen molar-refractivity contribution in [3.8, 4) is 0 Å². The summed E-state index contributed by atoms with van der Waals surface area (Å²) >= 11 is 0. The van der Waals surface area contributed by atoms with Crippen LogP contribution in [0.3, 0.4) is 0 Å². The number of carbonyl (C=O) groups excluding carboxylic acids is 2. The maximum absolute atomic E-state index is 11.7. The summed E-state index contributed by atoms with van der Waals surface area (Å²) < 4.78 is 0. The van der Waals surface area contributed by atoms with Gasteiger partial charge in [-0.2, -0.15) is 5.10 Å². The summed E-state index contributed by atoms with van der Waals surface area (Å²) in [5, 5.41) is 10.5. The minimum Gasteiger partial charge on any atom is -0.334 e. The first kappa shape index (κ1) is 13.4. The van der Waals surface area contributed by atoms with Crippen LogP contribution in [-0.2, 0) is 16.1 Å². The van der Waals surface area contributed by atoms with Gasteiger partial charge in [0.15, 0.2) is 5.82 Å². The van der Waals surface area contributed by atoms with Crippen LogP contribution in [0.2, 0.25) is 0 Å². The Bertz CT molecular complexity index is 543. The highest BCUT2D eigenvalue weighted by Crippen LogP contribution is 2.24. The van der Waals surface area contributed by atoms with Gasteiger partial charge in [-0.3, -0.25) is 14.9 Å². The Labute approximate surface area is 111 Å². The van der Waals surface area contributed by atoms with E-state index in [1.54, 1.807) is 11.8 Å². The van der Waals surface area contributed by atoms with Crippen molar-refractivity contribution in [2.45, 2.75) is 33.4 Å². The third-order valence-electron chi connectivity index (χ3n) is 3.46. The van der Waals surface area contributed by atoms with Crippen molar-refractivity contribution in [3.63, 3.8) is 0 Å². The summed E-state index contributed by atoms with van der Waals surface area (Å²) in [6.45, 7) is 5.85. The quantitative estimate of drug-likeness (QED) is 0.691. The Morgan fingerprint density at radius 2 is 2.05 bits per heavy atom. The number of amides is 2. The van der Waals surface area contributed by atoms with Crippen LogP contribution in [0.1, 0.15) is 23.7 Å². The molecular formula is C12H17N5O2. The largest absolute Gasteiger partial charge is 0.334 e. The van der Waals surface area contributed by atoms with E-state index < -0.39 is 6.04 Å². The Morgan fingerprint density at radius 3 is 2.68 bits per heavy atom. The number of imide groups is 1. The first-order chi connectivity index (χ1) is 8.95. The topological polar surface area (TPSA) is 101 Å². The fourth-order valence-corrected chi connectivity index (χ4v) is 2.09. The van der Waals surface area contributed by atoms with Gasteiger partial charge in [-0.25, -0.2) is 0 Å². The number of nitrogens with zero attached hydrogens (tertiary/aromatic N) is 3. The Morgan fingerprint density at radius 1 is 1.37 bits per heavy atom. The minimum absolute atomic E-state index is 0.0804. The smallest absolute Gasteiger partial charge is 0.249 e. The van der Waals surface area contributed by atoms with Gasteiger partial charge in [0.2, 0.25) is 11.8 Å². The molecule has 102 valence electrons. The molecule has 0 radical (unpaired) electrons. The lowest BCUT2D eigenvalue weighted by atomic mass is 10.1. The molecule has 1 aromatic rings. The molecule has 7 heteroatoms. The van der Waals surface area contributed by atoms with Crippen LogP contribution in [0.5, 0.6) is 0 Å². The van der Waals surface area contributed by atoms with Crippen molar-refractivity contribution >= 4 is 17.6 Å². The van der Waals surface area contributed by atoms with Crippen LogP contribution in [0.4, 0.5) is 5.82 Å². The molecule has 1 aromatic heterocycles. The van der Waals surface area contributed by atoms with Gasteiger partial charge >= 0.3 is 0 Å². The number of nitrogens with one attached hydrogen (secondary N) is 1. The van der Waals surface area contributed by atoms with E-state index in [0.29, 0.717) is 5.82 Å². The van der Waals surface area contributed by atoms with Gasteiger partial charge in [-0.15, -0.1) is 5.10 Å². The Hall–Kier alpha value is -2.02. The molecule has 0 aromatic carbocycles. The van der Waals surface area contributed by atoms with Crippen molar-refractivity contribution in [1.82, 2.24) is 15.5 Å². The van der Waals surface area contributed by atoms with Crippen LogP contribution in [0, 0.1) is 13.8 Å². The van der Waals surface area contributed by atoms with Crippen molar-refractivity contribution in [2.75, 3.05) is 11.4 Å². The molecule has 2 rings (SSSR count). The second-order valence-corrected chi connectivity index (χ2v) is 4.63. The summed E-state index contributed by atoms with van der Waals surface area (Å²) in [6, 6.07) is -0.473. The maximum atomic E-state index is 11.7. The molecule has 19 heavy (non-hydrogen) atoms. The standard InChI is InChI=1S/C12H17N5O2/c1-6-7(2)15-16-11(9(6)4-13)17-5-10(18)14-12(19)8(17)3/h8H,4-5,13H2,1-3H3,(H,14,18,19). The van der Waals surface area contributed by atoms with Gasteiger partial charge in [0, 0.05) is 12.1 Å². The average Bonchev–Trinajstić information content (AvgIpc) is 2.37. The molecule has 0 spiro atoms. The second-order valence-electron chi connectivity index (χ2n) is 4.63. The molecule has 3 N–H and O–H groups in total. The average molecular weight is 263 g/mol. The summed E-state index contributed by atoms with van der Waals surface area (Å²) in [5.41, 5.74) is 8.32. The number of anilines is 1. The highest BCUT2D eigenvalue weighted by Gasteiger charge is 2.32. The SMILES string of the molecule is Cc1nnc(N2CC(=O)NC(=O)C2C)c(CN)c1C. The zero-order valence-electron chi connectivity index (χ0n) is 11.2. The predicted octanol–water partition coefficient (Wildman–Crippen LogP) is -0.597. The van der Waals surface area contributed by atoms with Crippen molar-refractivity contribution in [1.29, 1.82) is 0 Å². The van der Waals surface area contributed by atoms with Gasteiger partial charge in [0.05, 0.1) is 12.2 Å². The van der Waals surface area contributed by atoms with E-state index in [1.807, 2.05) is 13.8 Å². The number of carbonyl (C=O) groups is 2. The monoisotopic (exact) mass is 263 g/mol. The molecule has 1 aliphatic heterocycles. The van der Waals surface area contributed by atoms with Crippen LogP contribution in [0.25, 0.3) is 0 Å². The molecule has 0 aliphatic carbocycles. The van der Waals surface area contributed by atoms with Crippen molar-refractivity contribution in [2.24, 2.45) is 5.73 Å². The molecule has 7 nitrogen and oxygen atoms in total. The lowest BCUT2D eigenvalue weighted by Crippen LogP contribution is -2.57. The van der Waals surface area contributed by atoms with E-state index in [4.69, 9.17) is 5.73 Å². The summed E-state index contributed by atoms with van der Waals surface area (Å²) in [6.07, 6.45) is 0. The van der Waals surface area contributed by atoms with Crippen LogP contribution in [-0.4, -0.2) is 34.6 Å². The van der Waals surface area contributed by atoms with Gasteiger partial charge in [-0.05, 0) is 26.3 Å². The summed E-state index contributed by atoms with van der Waals surface area (Å²) in [5.74, 6) is -0.161. The van der Waals surface area contributed by atoms with Gasteiger partial charge < -0.3 is 10.6 Å². The molecule has 1 fully saturated rings. The Kier molecular flexibility index (Phi) is 3.48. The van der Waals surface area contributed by atoms with Gasteiger partial charge in [0.1, 0.15) is 6.04 Å².